The topological polar surface area (TPSA) is 79.1 Å². The molecule has 21 heavy (non-hydrogen) atoms. The Morgan fingerprint density at radius 3 is 2.48 bits per heavy atom. The standard InChI is InChI=1S/C15H28N6/c1-4-7-12-13(18-11-19-14(12)20-16)17-10-15(21(2)3)8-5-6-9-15/h11H,4-10,16H2,1-3H3,(H2,17,18,19,20). The second kappa shape index (κ2) is 7.04. The lowest BCUT2D eigenvalue weighted by Gasteiger charge is -2.36. The Labute approximate surface area is 127 Å². The fourth-order valence-corrected chi connectivity index (χ4v) is 3.24. The van der Waals surface area contributed by atoms with Gasteiger partial charge in [-0.2, -0.15) is 0 Å². The molecule has 1 fully saturated rings. The predicted molar refractivity (Wildman–Crippen MR) is 87.2 cm³/mol. The average Bonchev–Trinajstić information content (AvgIpc) is 2.96. The number of hydrazine groups is 1. The maximum Gasteiger partial charge on any atom is 0.148 e. The summed E-state index contributed by atoms with van der Waals surface area (Å²) in [7, 11) is 4.35. The van der Waals surface area contributed by atoms with E-state index >= 15 is 0 Å². The van der Waals surface area contributed by atoms with E-state index in [1.807, 2.05) is 0 Å². The molecule has 0 unspecified atom stereocenters. The fourth-order valence-electron chi connectivity index (χ4n) is 3.24. The molecule has 1 aliphatic rings. The van der Waals surface area contributed by atoms with Gasteiger partial charge in [0.15, 0.2) is 0 Å². The molecule has 0 amide bonds. The number of nitrogens with zero attached hydrogens (tertiary/aromatic N) is 3. The first-order valence-electron chi connectivity index (χ1n) is 7.85. The molecule has 0 atom stereocenters. The molecule has 0 spiro atoms. The molecule has 2 rings (SSSR count). The Balaban J connectivity index is 2.15. The molecule has 4 N–H and O–H groups in total. The molecule has 0 aromatic carbocycles. The Hall–Kier alpha value is -1.40. The van der Waals surface area contributed by atoms with Gasteiger partial charge in [-0.15, -0.1) is 0 Å². The Kier molecular flexibility index (Phi) is 5.36. The van der Waals surface area contributed by atoms with Crippen LogP contribution in [0, 0.1) is 0 Å². The molecular formula is C15H28N6. The molecule has 6 heteroatoms. The number of nitrogens with one attached hydrogen (secondary N) is 2. The van der Waals surface area contributed by atoms with E-state index < -0.39 is 0 Å². The van der Waals surface area contributed by atoms with Gasteiger partial charge in [0.1, 0.15) is 18.0 Å². The predicted octanol–water partition coefficient (Wildman–Crippen LogP) is 2.00. The van der Waals surface area contributed by atoms with E-state index in [4.69, 9.17) is 5.84 Å². The first-order valence-corrected chi connectivity index (χ1v) is 7.85. The van der Waals surface area contributed by atoms with Gasteiger partial charge in [0.05, 0.1) is 0 Å². The molecule has 1 aromatic heterocycles. The van der Waals surface area contributed by atoms with Gasteiger partial charge < -0.3 is 15.6 Å². The van der Waals surface area contributed by atoms with Gasteiger partial charge in [0.25, 0.3) is 0 Å². The molecule has 6 nitrogen and oxygen atoms in total. The van der Waals surface area contributed by atoms with Crippen molar-refractivity contribution in [2.24, 2.45) is 5.84 Å². The van der Waals surface area contributed by atoms with Gasteiger partial charge >= 0.3 is 0 Å². The van der Waals surface area contributed by atoms with Crippen molar-refractivity contribution >= 4 is 11.6 Å². The number of hydrogen-bond acceptors (Lipinski definition) is 6. The van der Waals surface area contributed by atoms with Crippen LogP contribution in [-0.4, -0.2) is 41.0 Å². The molecule has 118 valence electrons. The van der Waals surface area contributed by atoms with E-state index in [0.717, 1.165) is 36.6 Å². The van der Waals surface area contributed by atoms with E-state index in [9.17, 15) is 0 Å². The van der Waals surface area contributed by atoms with Crippen LogP contribution in [0.2, 0.25) is 0 Å². The fraction of sp³-hybridized carbons (Fsp3) is 0.733. The zero-order valence-corrected chi connectivity index (χ0v) is 13.4. The minimum atomic E-state index is 0.241. The van der Waals surface area contributed by atoms with Crippen LogP contribution in [0.25, 0.3) is 0 Å². The lowest BCUT2D eigenvalue weighted by Crippen LogP contribution is -2.47. The number of nitrogens with two attached hydrogens (primary N) is 1. The van der Waals surface area contributed by atoms with Crippen LogP contribution in [-0.2, 0) is 6.42 Å². The third kappa shape index (κ3) is 3.44. The number of aromatic nitrogens is 2. The van der Waals surface area contributed by atoms with Gasteiger partial charge in [-0.1, -0.05) is 26.2 Å². The molecule has 1 aromatic rings. The second-order valence-corrected chi connectivity index (χ2v) is 6.12. The van der Waals surface area contributed by atoms with Crippen molar-refractivity contribution in [2.45, 2.75) is 51.0 Å². The van der Waals surface area contributed by atoms with E-state index in [0.29, 0.717) is 0 Å². The Bertz CT molecular complexity index is 453. The zero-order valence-electron chi connectivity index (χ0n) is 13.4. The maximum absolute atomic E-state index is 5.57. The number of hydrogen-bond donors (Lipinski definition) is 3. The summed E-state index contributed by atoms with van der Waals surface area (Å²) in [4.78, 5) is 11.0. The van der Waals surface area contributed by atoms with E-state index in [-0.39, 0.29) is 5.54 Å². The van der Waals surface area contributed by atoms with Gasteiger partial charge in [-0.3, -0.25) is 0 Å². The highest BCUT2D eigenvalue weighted by molar-refractivity contribution is 5.57. The molecule has 0 saturated heterocycles. The van der Waals surface area contributed by atoms with Crippen molar-refractivity contribution in [3.05, 3.63) is 11.9 Å². The van der Waals surface area contributed by atoms with E-state index in [1.165, 1.54) is 25.7 Å². The van der Waals surface area contributed by atoms with E-state index in [1.54, 1.807) is 6.33 Å². The van der Waals surface area contributed by atoms with Crippen LogP contribution in [0.15, 0.2) is 6.33 Å². The summed E-state index contributed by atoms with van der Waals surface area (Å²) < 4.78 is 0. The third-order valence-corrected chi connectivity index (χ3v) is 4.65. The quantitative estimate of drug-likeness (QED) is 0.527. The summed E-state index contributed by atoms with van der Waals surface area (Å²) in [5, 5.41) is 3.55. The summed E-state index contributed by atoms with van der Waals surface area (Å²) >= 11 is 0. The largest absolute Gasteiger partial charge is 0.368 e. The van der Waals surface area contributed by atoms with Crippen molar-refractivity contribution in [2.75, 3.05) is 31.4 Å². The van der Waals surface area contributed by atoms with Crippen LogP contribution in [0.3, 0.4) is 0 Å². The highest BCUT2D eigenvalue weighted by Gasteiger charge is 2.35. The van der Waals surface area contributed by atoms with Crippen LogP contribution in [0.5, 0.6) is 0 Å². The summed E-state index contributed by atoms with van der Waals surface area (Å²) in [6.07, 6.45) is 8.61. The van der Waals surface area contributed by atoms with E-state index in [2.05, 4.69) is 46.6 Å². The van der Waals surface area contributed by atoms with Crippen LogP contribution >= 0.6 is 0 Å². The molecule has 1 saturated carbocycles. The number of anilines is 2. The highest BCUT2D eigenvalue weighted by Crippen LogP contribution is 2.34. The molecule has 1 heterocycles. The normalized spacial score (nSPS) is 17.2. The maximum atomic E-state index is 5.57. The van der Waals surface area contributed by atoms with Crippen molar-refractivity contribution in [3.8, 4) is 0 Å². The molecule has 0 bridgehead atoms. The number of nitrogen functional groups attached to an aromatic ring is 1. The minimum Gasteiger partial charge on any atom is -0.368 e. The molecule has 0 aliphatic heterocycles. The number of rotatable bonds is 7. The molecule has 1 aliphatic carbocycles. The lowest BCUT2D eigenvalue weighted by atomic mass is 9.96. The SMILES string of the molecule is CCCc1c(NN)ncnc1NCC1(N(C)C)CCCC1. The van der Waals surface area contributed by atoms with Gasteiger partial charge in [-0.25, -0.2) is 15.8 Å². The summed E-state index contributed by atoms with van der Waals surface area (Å²) in [6.45, 7) is 3.06. The van der Waals surface area contributed by atoms with Crippen molar-refractivity contribution in [1.29, 1.82) is 0 Å². The van der Waals surface area contributed by atoms with Crippen LogP contribution in [0.4, 0.5) is 11.6 Å². The first-order chi connectivity index (χ1) is 10.1. The average molecular weight is 292 g/mol. The monoisotopic (exact) mass is 292 g/mol. The highest BCUT2D eigenvalue weighted by atomic mass is 15.3. The van der Waals surface area contributed by atoms with Crippen molar-refractivity contribution < 1.29 is 0 Å². The molecule has 0 radical (unpaired) electrons. The van der Waals surface area contributed by atoms with Gasteiger partial charge in [0, 0.05) is 17.6 Å². The Morgan fingerprint density at radius 2 is 1.90 bits per heavy atom. The zero-order chi connectivity index (χ0) is 15.3. The van der Waals surface area contributed by atoms with Crippen LogP contribution in [0.1, 0.15) is 44.6 Å². The van der Waals surface area contributed by atoms with Gasteiger partial charge in [-0.05, 0) is 33.4 Å². The van der Waals surface area contributed by atoms with Gasteiger partial charge in [0.2, 0.25) is 0 Å². The third-order valence-electron chi connectivity index (χ3n) is 4.65. The summed E-state index contributed by atoms with van der Waals surface area (Å²) in [6, 6.07) is 0. The smallest absolute Gasteiger partial charge is 0.148 e. The van der Waals surface area contributed by atoms with Crippen molar-refractivity contribution in [3.63, 3.8) is 0 Å². The Morgan fingerprint density at radius 1 is 1.24 bits per heavy atom. The summed E-state index contributed by atoms with van der Waals surface area (Å²) in [5.41, 5.74) is 4.00. The lowest BCUT2D eigenvalue weighted by molar-refractivity contribution is 0.172. The number of likely N-dealkylation sites (N-methyl/N-ethyl adjacent to an activating group) is 1. The van der Waals surface area contributed by atoms with Crippen molar-refractivity contribution in [1.82, 2.24) is 14.9 Å². The second-order valence-electron chi connectivity index (χ2n) is 6.12. The molecular weight excluding hydrogens is 264 g/mol. The first kappa shape index (κ1) is 16.0. The summed E-state index contributed by atoms with van der Waals surface area (Å²) in [5.74, 6) is 7.20. The minimum absolute atomic E-state index is 0.241. The van der Waals surface area contributed by atoms with Crippen LogP contribution < -0.4 is 16.6 Å².